The predicted octanol–water partition coefficient (Wildman–Crippen LogP) is 1.85. The van der Waals surface area contributed by atoms with Crippen molar-refractivity contribution in [1.82, 2.24) is 0 Å². The zero-order chi connectivity index (χ0) is 10.4. The number of nitrogens with zero attached hydrogens (tertiary/aromatic N) is 1. The lowest BCUT2D eigenvalue weighted by atomic mass is 10.9. The Balaban J connectivity index is -0.000000105. The first kappa shape index (κ1) is 17.8. The molecule has 0 aliphatic rings. The Kier molecular flexibility index (Phi) is 33.2. The summed E-state index contributed by atoms with van der Waals surface area (Å²) in [4.78, 5) is 3.61. The molecule has 1 unspecified atom stereocenters. The van der Waals surface area contributed by atoms with E-state index in [-0.39, 0.29) is 10.8 Å². The van der Waals surface area contributed by atoms with E-state index in [1.54, 1.807) is 34.6 Å². The minimum atomic E-state index is -0.0725. The fraction of sp³-hybridized carbons (Fsp3) is 0.750. The van der Waals surface area contributed by atoms with Gasteiger partial charge in [0.05, 0.1) is 0 Å². The Bertz CT molecular complexity index is 101. The largest absolute Gasteiger partial charge is 0.388 e. The van der Waals surface area contributed by atoms with E-state index in [1.165, 1.54) is 0 Å². The maximum absolute atomic E-state index is 4.67. The summed E-state index contributed by atoms with van der Waals surface area (Å²) >= 11 is 0. The molecule has 0 saturated heterocycles. The third-order valence-electron chi connectivity index (χ3n) is 0.543. The van der Waals surface area contributed by atoms with Gasteiger partial charge in [0.25, 0.3) is 0 Å². The standard InChI is InChI=1S/C3H7N.C3H8OS.C2H6O/c1-3-4-2;1-4-5(2)3;1-3-2/h3H,1-2H3;2H2,1,3H3;1-2H3. The number of aliphatic imine (C=N–C) groups is 1. The second kappa shape index (κ2) is 22.4. The first-order valence-corrected chi connectivity index (χ1v) is 5.10. The molecule has 0 rings (SSSR count). The molecule has 0 fully saturated rings. The molecular formula is C8H21NO2S. The average molecular weight is 195 g/mol. The molecule has 4 heteroatoms. The van der Waals surface area contributed by atoms with Crippen LogP contribution in [0.25, 0.3) is 0 Å². The molecule has 0 radical (unpaired) electrons. The second-order valence-corrected chi connectivity index (χ2v) is 3.14. The summed E-state index contributed by atoms with van der Waals surface area (Å²) in [5.74, 6) is 3.56. The van der Waals surface area contributed by atoms with E-state index in [9.17, 15) is 0 Å². The molecule has 76 valence electrons. The van der Waals surface area contributed by atoms with Gasteiger partial charge in [-0.25, -0.2) is 0 Å². The van der Waals surface area contributed by atoms with Crippen molar-refractivity contribution >= 4 is 22.8 Å². The van der Waals surface area contributed by atoms with Crippen LogP contribution < -0.4 is 0 Å². The lowest BCUT2D eigenvalue weighted by Crippen LogP contribution is -1.62. The molecule has 1 atom stereocenters. The minimum Gasteiger partial charge on any atom is -0.388 e. The fourth-order valence-electron chi connectivity index (χ4n) is 0. The molecule has 0 aromatic heterocycles. The molecule has 0 amide bonds. The fourth-order valence-corrected chi connectivity index (χ4v) is 0. The molecular weight excluding hydrogens is 174 g/mol. The van der Waals surface area contributed by atoms with E-state index in [1.807, 2.05) is 13.2 Å². The van der Waals surface area contributed by atoms with E-state index in [2.05, 4.69) is 19.8 Å². The highest BCUT2D eigenvalue weighted by Gasteiger charge is 1.62. The van der Waals surface area contributed by atoms with Gasteiger partial charge in [0.1, 0.15) is 0 Å². The second-order valence-electron chi connectivity index (χ2n) is 1.66. The quantitative estimate of drug-likeness (QED) is 0.472. The maximum Gasteiger partial charge on any atom is 0.0496 e. The van der Waals surface area contributed by atoms with Crippen LogP contribution in [0.3, 0.4) is 0 Å². The molecule has 0 bridgehead atoms. The van der Waals surface area contributed by atoms with Gasteiger partial charge in [0.15, 0.2) is 0 Å². The first-order chi connectivity index (χ1) is 5.60. The van der Waals surface area contributed by atoms with Gasteiger partial charge in [-0.3, -0.25) is 0 Å². The average Bonchev–Trinajstić information content (AvgIpc) is 2.06. The van der Waals surface area contributed by atoms with Crippen molar-refractivity contribution in [3.05, 3.63) is 0 Å². The zero-order valence-corrected chi connectivity index (χ0v) is 9.77. The number of hydrogen-bond donors (Lipinski definition) is 0. The van der Waals surface area contributed by atoms with Crippen LogP contribution in [-0.4, -0.2) is 46.7 Å². The Morgan fingerprint density at radius 1 is 1.33 bits per heavy atom. The van der Waals surface area contributed by atoms with Gasteiger partial charge in [-0.2, -0.15) is 0 Å². The lowest BCUT2D eigenvalue weighted by molar-refractivity contribution is 0.277. The summed E-state index contributed by atoms with van der Waals surface area (Å²) in [7, 11) is 6.58. The Labute approximate surface area is 78.9 Å². The van der Waals surface area contributed by atoms with Gasteiger partial charge >= 0.3 is 0 Å². The van der Waals surface area contributed by atoms with E-state index in [0.29, 0.717) is 0 Å². The summed E-state index contributed by atoms with van der Waals surface area (Å²) in [5, 5.41) is 0. The van der Waals surface area contributed by atoms with Crippen molar-refractivity contribution in [3.8, 4) is 0 Å². The third-order valence-corrected chi connectivity index (χ3v) is 1.11. The summed E-state index contributed by atoms with van der Waals surface area (Å²) in [5.41, 5.74) is 0. The van der Waals surface area contributed by atoms with Crippen molar-refractivity contribution < 1.29 is 8.92 Å². The number of hydrogen-bond acceptors (Lipinski definition) is 3. The topological polar surface area (TPSA) is 30.8 Å². The highest BCUT2D eigenvalue weighted by Crippen LogP contribution is 1.97. The number of ether oxygens (including phenoxy) is 1. The van der Waals surface area contributed by atoms with Crippen LogP contribution in [0, 0.1) is 0 Å². The van der Waals surface area contributed by atoms with Gasteiger partial charge in [0.2, 0.25) is 0 Å². The smallest absolute Gasteiger partial charge is 0.0496 e. The van der Waals surface area contributed by atoms with E-state index in [4.69, 9.17) is 0 Å². The normalized spacial score (nSPS) is 10.8. The highest BCUT2D eigenvalue weighted by atomic mass is 32.2. The van der Waals surface area contributed by atoms with Gasteiger partial charge in [0, 0.05) is 34.6 Å². The molecule has 12 heavy (non-hydrogen) atoms. The molecule has 0 N–H and O–H groups in total. The molecule has 0 heterocycles. The van der Waals surface area contributed by atoms with Gasteiger partial charge in [-0.15, -0.1) is 0 Å². The van der Waals surface area contributed by atoms with Crippen molar-refractivity contribution in [2.75, 3.05) is 34.6 Å². The lowest BCUT2D eigenvalue weighted by Gasteiger charge is -1.86. The highest BCUT2D eigenvalue weighted by molar-refractivity contribution is 8.09. The minimum absolute atomic E-state index is 0.0725. The van der Waals surface area contributed by atoms with Crippen LogP contribution in [0.5, 0.6) is 0 Å². The maximum atomic E-state index is 4.67. The number of methoxy groups -OCH3 is 1. The van der Waals surface area contributed by atoms with Crippen molar-refractivity contribution in [2.45, 2.75) is 6.92 Å². The molecule has 0 aliphatic heterocycles. The van der Waals surface area contributed by atoms with Crippen LogP contribution >= 0.6 is 10.8 Å². The Morgan fingerprint density at radius 2 is 1.50 bits per heavy atom. The molecule has 0 aliphatic carbocycles. The van der Waals surface area contributed by atoms with Crippen molar-refractivity contribution in [3.63, 3.8) is 0 Å². The van der Waals surface area contributed by atoms with Crippen LogP contribution in [0.1, 0.15) is 6.92 Å². The first-order valence-electron chi connectivity index (χ1n) is 3.37. The van der Waals surface area contributed by atoms with Gasteiger partial charge in [-0.1, -0.05) is 16.6 Å². The van der Waals surface area contributed by atoms with Crippen LogP contribution in [0.4, 0.5) is 0 Å². The zero-order valence-electron chi connectivity index (χ0n) is 8.96. The summed E-state index contributed by atoms with van der Waals surface area (Å²) < 4.78 is 8.92. The SMILES string of the molecule is C=S(C)OC.CC=NC.COC. The predicted molar refractivity (Wildman–Crippen MR) is 60.7 cm³/mol. The van der Waals surface area contributed by atoms with E-state index >= 15 is 0 Å². The van der Waals surface area contributed by atoms with Crippen molar-refractivity contribution in [2.24, 2.45) is 4.99 Å². The molecule has 0 aromatic carbocycles. The van der Waals surface area contributed by atoms with E-state index < -0.39 is 0 Å². The van der Waals surface area contributed by atoms with Gasteiger partial charge in [-0.05, 0) is 13.1 Å². The van der Waals surface area contributed by atoms with Gasteiger partial charge < -0.3 is 13.9 Å². The monoisotopic (exact) mass is 195 g/mol. The summed E-state index contributed by atoms with van der Waals surface area (Å²) in [6, 6.07) is 0. The number of rotatable bonds is 1. The van der Waals surface area contributed by atoms with Crippen LogP contribution in [-0.2, 0) is 8.92 Å². The summed E-state index contributed by atoms with van der Waals surface area (Å²) in [6.07, 6.45) is 3.67. The molecule has 0 spiro atoms. The van der Waals surface area contributed by atoms with Crippen LogP contribution in [0.15, 0.2) is 4.99 Å². The Hall–Kier alpha value is -0.190. The summed E-state index contributed by atoms with van der Waals surface area (Å²) in [6.45, 7) is 1.89. The van der Waals surface area contributed by atoms with E-state index in [0.717, 1.165) is 0 Å². The molecule has 0 saturated carbocycles. The molecule has 3 nitrogen and oxygen atoms in total. The van der Waals surface area contributed by atoms with Crippen molar-refractivity contribution in [1.29, 1.82) is 0 Å². The third kappa shape index (κ3) is 96.4. The van der Waals surface area contributed by atoms with Crippen LogP contribution in [0.2, 0.25) is 0 Å². The molecule has 0 aromatic rings. The Morgan fingerprint density at radius 3 is 1.50 bits per heavy atom.